The Hall–Kier alpha value is -1.51. The van der Waals surface area contributed by atoms with E-state index in [0.717, 1.165) is 17.2 Å². The van der Waals surface area contributed by atoms with Crippen LogP contribution >= 0.6 is 0 Å². The Labute approximate surface area is 115 Å². The molecule has 0 bridgehead atoms. The number of carbonyl (C=O) groups excluding carboxylic acids is 1. The van der Waals surface area contributed by atoms with Gasteiger partial charge in [-0.25, -0.2) is 0 Å². The van der Waals surface area contributed by atoms with Crippen molar-refractivity contribution in [3.8, 4) is 0 Å². The van der Waals surface area contributed by atoms with E-state index in [1.54, 1.807) is 0 Å². The highest BCUT2D eigenvalue weighted by Gasteiger charge is 2.21. The topological polar surface area (TPSA) is 55.1 Å². The van der Waals surface area contributed by atoms with E-state index in [-0.39, 0.29) is 5.91 Å². The van der Waals surface area contributed by atoms with Gasteiger partial charge in [0.15, 0.2) is 0 Å². The van der Waals surface area contributed by atoms with Crippen LogP contribution in [0.5, 0.6) is 0 Å². The number of nitrogens with two attached hydrogens (primary N) is 1. The Morgan fingerprint density at radius 2 is 2.16 bits per heavy atom. The molecule has 3 heteroatoms. The van der Waals surface area contributed by atoms with Crippen molar-refractivity contribution >= 4 is 11.6 Å². The average Bonchev–Trinajstić information content (AvgIpc) is 2.41. The van der Waals surface area contributed by atoms with Gasteiger partial charge in [-0.15, -0.1) is 0 Å². The van der Waals surface area contributed by atoms with Crippen LogP contribution in [-0.2, 0) is 11.2 Å². The molecule has 3 N–H and O–H groups in total. The number of anilines is 1. The van der Waals surface area contributed by atoms with E-state index in [4.69, 9.17) is 5.73 Å². The molecule has 1 aromatic rings. The minimum absolute atomic E-state index is 0.274. The zero-order valence-corrected chi connectivity index (χ0v) is 11.7. The second-order valence-corrected chi connectivity index (χ2v) is 5.58. The minimum Gasteiger partial charge on any atom is -0.382 e. The summed E-state index contributed by atoms with van der Waals surface area (Å²) in [7, 11) is 0. The molecular formula is C16H24N2O. The Morgan fingerprint density at radius 1 is 1.37 bits per heavy atom. The van der Waals surface area contributed by atoms with Crippen molar-refractivity contribution in [1.82, 2.24) is 0 Å². The first-order valence-corrected chi connectivity index (χ1v) is 7.31. The van der Waals surface area contributed by atoms with Gasteiger partial charge in [-0.3, -0.25) is 4.79 Å². The summed E-state index contributed by atoms with van der Waals surface area (Å²) >= 11 is 0. The molecule has 0 saturated heterocycles. The van der Waals surface area contributed by atoms with E-state index in [1.165, 1.54) is 32.1 Å². The van der Waals surface area contributed by atoms with E-state index in [0.29, 0.717) is 12.5 Å². The van der Waals surface area contributed by atoms with Crippen LogP contribution in [0.25, 0.3) is 0 Å². The maximum Gasteiger partial charge on any atom is 0.221 e. The van der Waals surface area contributed by atoms with E-state index < -0.39 is 0 Å². The van der Waals surface area contributed by atoms with Crippen molar-refractivity contribution in [2.75, 3.05) is 5.32 Å². The predicted molar refractivity (Wildman–Crippen MR) is 79.0 cm³/mol. The lowest BCUT2D eigenvalue weighted by Gasteiger charge is -2.30. The van der Waals surface area contributed by atoms with Gasteiger partial charge in [-0.2, -0.15) is 0 Å². The minimum atomic E-state index is -0.274. The smallest absolute Gasteiger partial charge is 0.221 e. The van der Waals surface area contributed by atoms with Crippen LogP contribution in [-0.4, -0.2) is 11.9 Å². The fourth-order valence-electron chi connectivity index (χ4n) is 3.02. The normalized spacial score (nSPS) is 23.0. The van der Waals surface area contributed by atoms with Gasteiger partial charge in [0, 0.05) is 11.7 Å². The molecule has 1 fully saturated rings. The van der Waals surface area contributed by atoms with Crippen molar-refractivity contribution in [2.24, 2.45) is 11.7 Å². The molecule has 0 heterocycles. The van der Waals surface area contributed by atoms with Gasteiger partial charge < -0.3 is 11.1 Å². The Morgan fingerprint density at radius 3 is 2.89 bits per heavy atom. The first kappa shape index (κ1) is 13.9. The van der Waals surface area contributed by atoms with Gasteiger partial charge in [-0.1, -0.05) is 44.4 Å². The molecule has 0 aliphatic heterocycles. The lowest BCUT2D eigenvalue weighted by Crippen LogP contribution is -2.27. The number of rotatable bonds is 5. The standard InChI is InChI=1S/C16H24N2O/c1-2-12-6-5-8-14(10-12)18-15-9-4-3-7-13(15)11-16(17)19/h3-4,7,9,12,14,18H,2,5-6,8,10-11H2,1H3,(H2,17,19). The molecule has 104 valence electrons. The molecule has 1 aliphatic carbocycles. The molecule has 2 rings (SSSR count). The molecule has 2 atom stereocenters. The maximum atomic E-state index is 11.1. The number of benzene rings is 1. The molecular weight excluding hydrogens is 236 g/mol. The van der Waals surface area contributed by atoms with Gasteiger partial charge in [0.1, 0.15) is 0 Å². The molecule has 1 aliphatic rings. The quantitative estimate of drug-likeness (QED) is 0.854. The Bertz CT molecular complexity index is 431. The molecule has 1 amide bonds. The molecule has 3 nitrogen and oxygen atoms in total. The Balaban J connectivity index is 2.03. The number of hydrogen-bond acceptors (Lipinski definition) is 2. The van der Waals surface area contributed by atoms with Crippen LogP contribution in [0.3, 0.4) is 0 Å². The second-order valence-electron chi connectivity index (χ2n) is 5.58. The summed E-state index contributed by atoms with van der Waals surface area (Å²) in [6, 6.07) is 8.53. The van der Waals surface area contributed by atoms with Gasteiger partial charge >= 0.3 is 0 Å². The zero-order chi connectivity index (χ0) is 13.7. The number of carbonyl (C=O) groups is 1. The third-order valence-electron chi connectivity index (χ3n) is 4.10. The highest BCUT2D eigenvalue weighted by atomic mass is 16.1. The lowest BCUT2D eigenvalue weighted by molar-refractivity contribution is -0.117. The van der Waals surface area contributed by atoms with Crippen molar-refractivity contribution in [3.63, 3.8) is 0 Å². The van der Waals surface area contributed by atoms with Crippen LogP contribution < -0.4 is 11.1 Å². The number of amides is 1. The summed E-state index contributed by atoms with van der Waals surface area (Å²) in [5.41, 5.74) is 7.38. The van der Waals surface area contributed by atoms with Crippen LogP contribution in [0.2, 0.25) is 0 Å². The highest BCUT2D eigenvalue weighted by Crippen LogP contribution is 2.29. The first-order valence-electron chi connectivity index (χ1n) is 7.31. The summed E-state index contributed by atoms with van der Waals surface area (Å²) in [4.78, 5) is 11.1. The monoisotopic (exact) mass is 260 g/mol. The number of hydrogen-bond donors (Lipinski definition) is 2. The molecule has 2 unspecified atom stereocenters. The van der Waals surface area contributed by atoms with Gasteiger partial charge in [-0.05, 0) is 30.4 Å². The first-order chi connectivity index (χ1) is 9.19. The summed E-state index contributed by atoms with van der Waals surface area (Å²) in [6.07, 6.45) is 6.70. The highest BCUT2D eigenvalue weighted by molar-refractivity contribution is 5.78. The van der Waals surface area contributed by atoms with Gasteiger partial charge in [0.2, 0.25) is 5.91 Å². The molecule has 0 radical (unpaired) electrons. The van der Waals surface area contributed by atoms with Gasteiger partial charge in [0.25, 0.3) is 0 Å². The third kappa shape index (κ3) is 3.98. The largest absolute Gasteiger partial charge is 0.382 e. The fourth-order valence-corrected chi connectivity index (χ4v) is 3.02. The Kier molecular flexibility index (Phi) is 4.83. The van der Waals surface area contributed by atoms with Crippen LogP contribution in [0.1, 0.15) is 44.6 Å². The van der Waals surface area contributed by atoms with Crippen molar-refractivity contribution < 1.29 is 4.79 Å². The van der Waals surface area contributed by atoms with Crippen molar-refractivity contribution in [2.45, 2.75) is 51.5 Å². The average molecular weight is 260 g/mol. The SMILES string of the molecule is CCC1CCCC(Nc2ccccc2CC(N)=O)C1. The summed E-state index contributed by atoms with van der Waals surface area (Å²) in [5, 5.41) is 3.61. The predicted octanol–water partition coefficient (Wildman–Crippen LogP) is 3.10. The van der Waals surface area contributed by atoms with E-state index >= 15 is 0 Å². The summed E-state index contributed by atoms with van der Waals surface area (Å²) in [6.45, 7) is 2.27. The fraction of sp³-hybridized carbons (Fsp3) is 0.562. The summed E-state index contributed by atoms with van der Waals surface area (Å²) < 4.78 is 0. The number of para-hydroxylation sites is 1. The second kappa shape index (κ2) is 6.60. The van der Waals surface area contributed by atoms with Crippen LogP contribution in [0, 0.1) is 5.92 Å². The van der Waals surface area contributed by atoms with E-state index in [1.807, 2.05) is 24.3 Å². The maximum absolute atomic E-state index is 11.1. The number of primary amides is 1. The summed E-state index contributed by atoms with van der Waals surface area (Å²) in [5.74, 6) is 0.568. The van der Waals surface area contributed by atoms with E-state index in [9.17, 15) is 4.79 Å². The third-order valence-corrected chi connectivity index (χ3v) is 4.10. The van der Waals surface area contributed by atoms with Crippen molar-refractivity contribution in [3.05, 3.63) is 29.8 Å². The molecule has 1 saturated carbocycles. The molecule has 0 aromatic heterocycles. The molecule has 19 heavy (non-hydrogen) atoms. The van der Waals surface area contributed by atoms with E-state index in [2.05, 4.69) is 12.2 Å². The van der Waals surface area contributed by atoms with Crippen LogP contribution in [0.4, 0.5) is 5.69 Å². The van der Waals surface area contributed by atoms with Gasteiger partial charge in [0.05, 0.1) is 6.42 Å². The molecule has 1 aromatic carbocycles. The molecule has 0 spiro atoms. The lowest BCUT2D eigenvalue weighted by atomic mass is 9.84. The zero-order valence-electron chi connectivity index (χ0n) is 11.7. The van der Waals surface area contributed by atoms with Crippen LogP contribution in [0.15, 0.2) is 24.3 Å². The number of nitrogens with one attached hydrogen (secondary N) is 1. The van der Waals surface area contributed by atoms with Crippen molar-refractivity contribution in [1.29, 1.82) is 0 Å².